The van der Waals surface area contributed by atoms with Crippen LogP contribution in [0.2, 0.25) is 5.02 Å². The Bertz CT molecular complexity index is 474. The van der Waals surface area contributed by atoms with E-state index in [0.29, 0.717) is 23.0 Å². The lowest BCUT2D eigenvalue weighted by atomic mass is 9.65. The van der Waals surface area contributed by atoms with Crippen molar-refractivity contribution in [1.82, 2.24) is 16.0 Å². The van der Waals surface area contributed by atoms with E-state index in [0.717, 1.165) is 31.5 Å². The predicted octanol–water partition coefficient (Wildman–Crippen LogP) is 2.28. The van der Waals surface area contributed by atoms with Gasteiger partial charge in [-0.1, -0.05) is 23.7 Å². The number of rotatable bonds is 3. The van der Waals surface area contributed by atoms with Crippen molar-refractivity contribution in [2.45, 2.75) is 31.8 Å². The number of nitrogens with one attached hydrogen (secondary N) is 3. The molecule has 0 radical (unpaired) electrons. The number of hydrogen-bond donors (Lipinski definition) is 3. The zero-order valence-electron chi connectivity index (χ0n) is 11.4. The Kier molecular flexibility index (Phi) is 3.85. The van der Waals surface area contributed by atoms with Crippen LogP contribution in [0.1, 0.15) is 24.8 Å². The van der Waals surface area contributed by atoms with E-state index < -0.39 is 0 Å². The molecule has 1 saturated heterocycles. The van der Waals surface area contributed by atoms with Crippen molar-refractivity contribution in [1.29, 1.82) is 0 Å². The molecule has 0 unspecified atom stereocenters. The van der Waals surface area contributed by atoms with Gasteiger partial charge in [-0.2, -0.15) is 0 Å². The van der Waals surface area contributed by atoms with E-state index in [2.05, 4.69) is 16.0 Å². The summed E-state index contributed by atoms with van der Waals surface area (Å²) in [6, 6.07) is 7.76. The summed E-state index contributed by atoms with van der Waals surface area (Å²) in [5.41, 5.74) is 1.52. The average Bonchev–Trinajstić information content (AvgIpc) is 2.87. The molecule has 0 aromatic heterocycles. The summed E-state index contributed by atoms with van der Waals surface area (Å²) in [6.07, 6.45) is 3.46. The number of carbonyl (C=O) groups is 1. The third-order valence-electron chi connectivity index (χ3n) is 4.39. The summed E-state index contributed by atoms with van der Waals surface area (Å²) in [5.74, 6) is 0. The molecule has 1 heterocycles. The molecule has 3 N–H and O–H groups in total. The number of urea groups is 1. The zero-order chi connectivity index (χ0) is 14.0. The first kappa shape index (κ1) is 13.7. The van der Waals surface area contributed by atoms with Crippen LogP contribution in [0.4, 0.5) is 4.79 Å². The molecular formula is C15H20ClN3O. The molecule has 108 valence electrons. The predicted molar refractivity (Wildman–Crippen MR) is 79.8 cm³/mol. The minimum absolute atomic E-state index is 0.0780. The highest BCUT2D eigenvalue weighted by Crippen LogP contribution is 2.45. The summed E-state index contributed by atoms with van der Waals surface area (Å²) in [5, 5.41) is 10.0. The molecule has 1 aliphatic carbocycles. The number of halogens is 1. The van der Waals surface area contributed by atoms with Gasteiger partial charge in [-0.3, -0.25) is 0 Å². The molecule has 2 aliphatic rings. The van der Waals surface area contributed by atoms with Gasteiger partial charge >= 0.3 is 6.03 Å². The van der Waals surface area contributed by atoms with Crippen LogP contribution in [0.25, 0.3) is 0 Å². The van der Waals surface area contributed by atoms with Crippen LogP contribution in [-0.4, -0.2) is 25.2 Å². The molecule has 0 bridgehead atoms. The van der Waals surface area contributed by atoms with Crippen LogP contribution in [0.3, 0.4) is 0 Å². The van der Waals surface area contributed by atoms with Crippen molar-refractivity contribution in [3.05, 3.63) is 34.9 Å². The van der Waals surface area contributed by atoms with Gasteiger partial charge in [0, 0.05) is 24.2 Å². The lowest BCUT2D eigenvalue weighted by Crippen LogP contribution is -2.53. The number of hydrogen-bond acceptors (Lipinski definition) is 2. The van der Waals surface area contributed by atoms with Crippen LogP contribution in [0.5, 0.6) is 0 Å². The van der Waals surface area contributed by atoms with Crippen molar-refractivity contribution >= 4 is 17.6 Å². The lowest BCUT2D eigenvalue weighted by molar-refractivity contribution is 0.109. The second-order valence-corrected chi connectivity index (χ2v) is 6.42. The number of benzene rings is 1. The van der Waals surface area contributed by atoms with Gasteiger partial charge in [0.25, 0.3) is 0 Å². The van der Waals surface area contributed by atoms with Crippen LogP contribution in [0.15, 0.2) is 24.3 Å². The topological polar surface area (TPSA) is 53.2 Å². The van der Waals surface area contributed by atoms with Gasteiger partial charge in [-0.25, -0.2) is 4.79 Å². The SMILES string of the molecule is O=C(NCc1ccc(Cl)cc1)NC1CC2(CCNC2)C1. The molecule has 5 heteroatoms. The summed E-state index contributed by atoms with van der Waals surface area (Å²) in [4.78, 5) is 11.8. The van der Waals surface area contributed by atoms with Gasteiger partial charge in [0.15, 0.2) is 0 Å². The maximum Gasteiger partial charge on any atom is 0.315 e. The zero-order valence-corrected chi connectivity index (χ0v) is 12.2. The summed E-state index contributed by atoms with van der Waals surface area (Å²) in [7, 11) is 0. The highest BCUT2D eigenvalue weighted by molar-refractivity contribution is 6.30. The van der Waals surface area contributed by atoms with Crippen molar-refractivity contribution in [3.63, 3.8) is 0 Å². The van der Waals surface area contributed by atoms with Crippen LogP contribution in [-0.2, 0) is 6.54 Å². The molecule has 20 heavy (non-hydrogen) atoms. The van der Waals surface area contributed by atoms with Gasteiger partial charge in [0.05, 0.1) is 0 Å². The smallest absolute Gasteiger partial charge is 0.315 e. The van der Waals surface area contributed by atoms with E-state index in [-0.39, 0.29) is 6.03 Å². The van der Waals surface area contributed by atoms with E-state index in [1.54, 1.807) is 0 Å². The average molecular weight is 294 g/mol. The quantitative estimate of drug-likeness (QED) is 0.801. The molecule has 1 aliphatic heterocycles. The van der Waals surface area contributed by atoms with E-state index >= 15 is 0 Å². The first-order valence-corrected chi connectivity index (χ1v) is 7.53. The highest BCUT2D eigenvalue weighted by atomic mass is 35.5. The fraction of sp³-hybridized carbons (Fsp3) is 0.533. The van der Waals surface area contributed by atoms with Crippen LogP contribution in [0, 0.1) is 5.41 Å². The van der Waals surface area contributed by atoms with Crippen molar-refractivity contribution in [2.24, 2.45) is 5.41 Å². The molecule has 1 saturated carbocycles. The fourth-order valence-corrected chi connectivity index (χ4v) is 3.38. The van der Waals surface area contributed by atoms with Crippen molar-refractivity contribution in [2.75, 3.05) is 13.1 Å². The Morgan fingerprint density at radius 3 is 2.75 bits per heavy atom. The van der Waals surface area contributed by atoms with E-state index in [9.17, 15) is 4.79 Å². The molecule has 1 aromatic carbocycles. The molecular weight excluding hydrogens is 274 g/mol. The summed E-state index contributed by atoms with van der Waals surface area (Å²) in [6.45, 7) is 2.76. The number of carbonyl (C=O) groups excluding carboxylic acids is 1. The second-order valence-electron chi connectivity index (χ2n) is 5.99. The van der Waals surface area contributed by atoms with Gasteiger partial charge in [0.1, 0.15) is 0 Å². The highest BCUT2D eigenvalue weighted by Gasteiger charge is 2.46. The van der Waals surface area contributed by atoms with Gasteiger partial charge in [-0.15, -0.1) is 0 Å². The minimum atomic E-state index is -0.0780. The first-order valence-electron chi connectivity index (χ1n) is 7.15. The van der Waals surface area contributed by atoms with Gasteiger partial charge in [-0.05, 0) is 48.9 Å². The molecule has 2 fully saturated rings. The molecule has 1 aromatic rings. The van der Waals surface area contributed by atoms with E-state index in [1.165, 1.54) is 6.42 Å². The Balaban J connectivity index is 1.39. The Morgan fingerprint density at radius 1 is 1.35 bits per heavy atom. The first-order chi connectivity index (χ1) is 9.65. The van der Waals surface area contributed by atoms with Crippen molar-refractivity contribution in [3.8, 4) is 0 Å². The fourth-order valence-electron chi connectivity index (χ4n) is 3.25. The maximum absolute atomic E-state index is 11.8. The summed E-state index contributed by atoms with van der Waals surface area (Å²) >= 11 is 5.82. The molecule has 1 spiro atoms. The molecule has 2 amide bonds. The van der Waals surface area contributed by atoms with E-state index in [1.807, 2.05) is 24.3 Å². The minimum Gasteiger partial charge on any atom is -0.335 e. The van der Waals surface area contributed by atoms with Crippen molar-refractivity contribution < 1.29 is 4.79 Å². The van der Waals surface area contributed by atoms with Crippen LogP contribution >= 0.6 is 11.6 Å². The second kappa shape index (κ2) is 5.62. The van der Waals surface area contributed by atoms with Crippen LogP contribution < -0.4 is 16.0 Å². The maximum atomic E-state index is 11.8. The van der Waals surface area contributed by atoms with E-state index in [4.69, 9.17) is 11.6 Å². The largest absolute Gasteiger partial charge is 0.335 e. The van der Waals surface area contributed by atoms with Gasteiger partial charge in [0.2, 0.25) is 0 Å². The normalized spacial score (nSPS) is 28.1. The van der Waals surface area contributed by atoms with Gasteiger partial charge < -0.3 is 16.0 Å². The third kappa shape index (κ3) is 3.07. The Hall–Kier alpha value is -1.26. The molecule has 3 rings (SSSR count). The summed E-state index contributed by atoms with van der Waals surface area (Å²) < 4.78 is 0. The Morgan fingerprint density at radius 2 is 2.10 bits per heavy atom. The number of amides is 2. The third-order valence-corrected chi connectivity index (χ3v) is 4.64. The lowest BCUT2D eigenvalue weighted by Gasteiger charge is -2.45. The molecule has 4 nitrogen and oxygen atoms in total. The standard InChI is InChI=1S/C15H20ClN3O/c16-12-3-1-11(2-4-12)9-18-14(20)19-13-7-15(8-13)5-6-17-10-15/h1-4,13,17H,5-10H2,(H2,18,19,20). The monoisotopic (exact) mass is 293 g/mol. The molecule has 0 atom stereocenters. The Labute approximate surface area is 124 Å².